The predicted octanol–water partition coefficient (Wildman–Crippen LogP) is 4.34. The molecule has 0 aromatic carbocycles. The molecule has 3 heterocycles. The van der Waals surface area contributed by atoms with Gasteiger partial charge in [0.15, 0.2) is 5.82 Å². The zero-order valence-electron chi connectivity index (χ0n) is 20.0. The van der Waals surface area contributed by atoms with E-state index < -0.39 is 6.05 Å². The highest BCUT2D eigenvalue weighted by Gasteiger charge is 2.38. The molecule has 1 unspecified atom stereocenters. The summed E-state index contributed by atoms with van der Waals surface area (Å²) in [5.74, 6) is 2.26. The zero-order valence-corrected chi connectivity index (χ0v) is 20.0. The number of nitrogens with one attached hydrogen (secondary N) is 2. The van der Waals surface area contributed by atoms with Gasteiger partial charge in [-0.3, -0.25) is 0 Å². The average Bonchev–Trinajstić information content (AvgIpc) is 3.18. The van der Waals surface area contributed by atoms with Crippen LogP contribution in [0, 0.1) is 0 Å². The van der Waals surface area contributed by atoms with E-state index in [1.54, 1.807) is 0 Å². The van der Waals surface area contributed by atoms with Crippen LogP contribution in [0.15, 0.2) is 48.0 Å². The van der Waals surface area contributed by atoms with Crippen molar-refractivity contribution < 1.29 is 8.78 Å². The summed E-state index contributed by atoms with van der Waals surface area (Å²) in [6.07, 6.45) is 6.58. The lowest BCUT2D eigenvalue weighted by atomic mass is 10.1. The van der Waals surface area contributed by atoms with Crippen molar-refractivity contribution in [1.29, 1.82) is 0 Å². The van der Waals surface area contributed by atoms with Gasteiger partial charge in [0, 0.05) is 26.2 Å². The summed E-state index contributed by atoms with van der Waals surface area (Å²) >= 11 is 0. The van der Waals surface area contributed by atoms with E-state index >= 15 is 0 Å². The molecule has 1 fully saturated rings. The summed E-state index contributed by atoms with van der Waals surface area (Å²) in [5, 5.41) is 6.32. The number of allylic oxidation sites excluding steroid dienone is 1. The molecule has 2 aliphatic rings. The van der Waals surface area contributed by atoms with Crippen molar-refractivity contribution in [1.82, 2.24) is 20.5 Å². The second-order valence-corrected chi connectivity index (χ2v) is 8.44. The van der Waals surface area contributed by atoms with Gasteiger partial charge in [-0.15, -0.1) is 0 Å². The summed E-state index contributed by atoms with van der Waals surface area (Å²) in [4.78, 5) is 14.7. The fraction of sp³-hybridized carbons (Fsp3) is 0.500. The Kier molecular flexibility index (Phi) is 7.73. The van der Waals surface area contributed by atoms with Crippen molar-refractivity contribution in [2.75, 3.05) is 36.6 Å². The Balaban J connectivity index is 1.84. The summed E-state index contributed by atoms with van der Waals surface area (Å²) in [6, 6.07) is 1.21. The van der Waals surface area contributed by atoms with Gasteiger partial charge >= 0.3 is 6.05 Å². The minimum absolute atomic E-state index is 0.0472. The highest BCUT2D eigenvalue weighted by molar-refractivity contribution is 5.76. The Morgan fingerprint density at radius 3 is 2.76 bits per heavy atom. The van der Waals surface area contributed by atoms with E-state index in [1.165, 1.54) is 7.05 Å². The lowest BCUT2D eigenvalue weighted by Crippen LogP contribution is -2.45. The van der Waals surface area contributed by atoms with E-state index in [2.05, 4.69) is 45.5 Å². The van der Waals surface area contributed by atoms with E-state index in [-0.39, 0.29) is 12.7 Å². The van der Waals surface area contributed by atoms with Gasteiger partial charge in [0.25, 0.3) is 0 Å². The summed E-state index contributed by atoms with van der Waals surface area (Å²) < 4.78 is 26.9. The van der Waals surface area contributed by atoms with Crippen molar-refractivity contribution >= 4 is 23.4 Å². The van der Waals surface area contributed by atoms with E-state index in [0.29, 0.717) is 17.2 Å². The average molecular weight is 460 g/mol. The molecule has 3 rings (SSSR count). The number of fused-ring (bicyclic) bond motifs is 4. The van der Waals surface area contributed by atoms with Crippen molar-refractivity contribution in [2.24, 2.45) is 4.99 Å². The van der Waals surface area contributed by atoms with Crippen LogP contribution in [0.5, 0.6) is 0 Å². The van der Waals surface area contributed by atoms with E-state index in [9.17, 15) is 8.78 Å². The fourth-order valence-corrected chi connectivity index (χ4v) is 3.90. The predicted molar refractivity (Wildman–Crippen MR) is 132 cm³/mol. The number of hydrogen-bond donors (Lipinski definition) is 2. The first-order chi connectivity index (χ1) is 15.7. The van der Waals surface area contributed by atoms with Crippen LogP contribution in [-0.4, -0.2) is 55.0 Å². The Hall–Kier alpha value is -2.94. The number of aliphatic imine (C=N–C) groups is 1. The monoisotopic (exact) mass is 459 g/mol. The van der Waals surface area contributed by atoms with Crippen LogP contribution < -0.4 is 20.4 Å². The molecule has 9 heteroatoms. The number of rotatable bonds is 11. The van der Waals surface area contributed by atoms with Gasteiger partial charge in [0.2, 0.25) is 0 Å². The normalized spacial score (nSPS) is 18.2. The van der Waals surface area contributed by atoms with Crippen LogP contribution in [0.25, 0.3) is 5.70 Å². The Bertz CT molecular complexity index is 935. The number of hydrogen-bond acceptors (Lipinski definition) is 7. The van der Waals surface area contributed by atoms with Gasteiger partial charge in [0.05, 0.1) is 29.8 Å². The van der Waals surface area contributed by atoms with Crippen LogP contribution in [0.1, 0.15) is 45.7 Å². The van der Waals surface area contributed by atoms with Crippen molar-refractivity contribution in [2.45, 2.75) is 52.1 Å². The minimum Gasteiger partial charge on any atom is -0.371 e. The molecule has 2 aliphatic heterocycles. The van der Waals surface area contributed by atoms with Crippen molar-refractivity contribution in [3.8, 4) is 0 Å². The van der Waals surface area contributed by atoms with Crippen LogP contribution in [0.4, 0.5) is 20.3 Å². The SMILES string of the molecule is C=C(NCN(C)C(C)(F)F)c1ccc2c(n1)N(C(=C)N/C(=C/CC)N=CCC)C1CCN2C1. The molecule has 1 aromatic rings. The number of nitrogens with zero attached hydrogens (tertiary/aromatic N) is 5. The molecule has 1 saturated heterocycles. The van der Waals surface area contributed by atoms with E-state index in [1.807, 2.05) is 31.3 Å². The number of pyridine rings is 1. The number of aromatic nitrogens is 1. The highest BCUT2D eigenvalue weighted by Crippen LogP contribution is 2.40. The zero-order chi connectivity index (χ0) is 24.2. The molecule has 1 aromatic heterocycles. The lowest BCUT2D eigenvalue weighted by Gasteiger charge is -2.38. The van der Waals surface area contributed by atoms with E-state index in [0.717, 1.165) is 61.5 Å². The molecule has 2 N–H and O–H groups in total. The molecule has 180 valence electrons. The summed E-state index contributed by atoms with van der Waals surface area (Å²) in [5.41, 5.74) is 2.12. The van der Waals surface area contributed by atoms with Crippen LogP contribution in [0.3, 0.4) is 0 Å². The van der Waals surface area contributed by atoms with Crippen LogP contribution in [0.2, 0.25) is 0 Å². The first-order valence-corrected chi connectivity index (χ1v) is 11.4. The second-order valence-electron chi connectivity index (χ2n) is 8.44. The molecule has 0 spiro atoms. The fourth-order valence-electron chi connectivity index (χ4n) is 3.90. The van der Waals surface area contributed by atoms with E-state index in [4.69, 9.17) is 4.98 Å². The highest BCUT2D eigenvalue weighted by atomic mass is 19.3. The van der Waals surface area contributed by atoms with Gasteiger partial charge in [-0.05, 0) is 44.5 Å². The summed E-state index contributed by atoms with van der Waals surface area (Å²) in [6.45, 7) is 15.1. The molecule has 0 amide bonds. The maximum absolute atomic E-state index is 13.5. The quantitative estimate of drug-likeness (QED) is 0.292. The molecule has 0 saturated carbocycles. The maximum Gasteiger partial charge on any atom is 0.303 e. The Labute approximate surface area is 195 Å². The molecule has 2 bridgehead atoms. The molecule has 7 nitrogen and oxygen atoms in total. The van der Waals surface area contributed by atoms with Gasteiger partial charge in [-0.25, -0.2) is 14.9 Å². The number of anilines is 2. The first kappa shape index (κ1) is 24.7. The third-order valence-electron chi connectivity index (χ3n) is 5.83. The molecular formula is C24H35F2N7. The van der Waals surface area contributed by atoms with Gasteiger partial charge in [-0.2, -0.15) is 8.78 Å². The van der Waals surface area contributed by atoms with Crippen molar-refractivity contribution in [3.63, 3.8) is 0 Å². The first-order valence-electron chi connectivity index (χ1n) is 11.4. The number of halogens is 2. The lowest BCUT2D eigenvalue weighted by molar-refractivity contribution is -0.118. The summed E-state index contributed by atoms with van der Waals surface area (Å²) in [7, 11) is 1.35. The molecule has 0 radical (unpaired) electrons. The standard InChI is InChI=1S/C24H35F2N7/c1-7-9-22(27-13-8-2)29-18(4)33-19-12-14-32(15-19)21-11-10-20(30-23(21)33)17(3)28-16-31(6)24(5,25)26/h9-11,13,19,28-29H,3-4,7-8,12,14-16H2,1-2,5-6H3/b22-9+,27-13?. The molecule has 0 aliphatic carbocycles. The van der Waals surface area contributed by atoms with Gasteiger partial charge in [0.1, 0.15) is 11.6 Å². The van der Waals surface area contributed by atoms with Gasteiger partial charge in [-0.1, -0.05) is 27.0 Å². The topological polar surface area (TPSA) is 59.0 Å². The maximum atomic E-state index is 13.5. The number of alkyl halides is 2. The molecular weight excluding hydrogens is 424 g/mol. The van der Waals surface area contributed by atoms with Crippen LogP contribution >= 0.6 is 0 Å². The molecule has 33 heavy (non-hydrogen) atoms. The van der Waals surface area contributed by atoms with Gasteiger partial charge < -0.3 is 20.4 Å². The largest absolute Gasteiger partial charge is 0.371 e. The smallest absolute Gasteiger partial charge is 0.303 e. The van der Waals surface area contributed by atoms with Crippen molar-refractivity contribution in [3.05, 3.63) is 48.7 Å². The molecule has 1 atom stereocenters. The Morgan fingerprint density at radius 2 is 2.09 bits per heavy atom. The minimum atomic E-state index is -2.92. The Morgan fingerprint density at radius 1 is 1.33 bits per heavy atom. The second kappa shape index (κ2) is 10.3. The van der Waals surface area contributed by atoms with Crippen LogP contribution in [-0.2, 0) is 0 Å². The third-order valence-corrected chi connectivity index (χ3v) is 5.83. The third kappa shape index (κ3) is 5.71.